The zero-order valence-electron chi connectivity index (χ0n) is 20.8. The van der Waals surface area contributed by atoms with E-state index in [1.165, 1.54) is 65.8 Å². The summed E-state index contributed by atoms with van der Waals surface area (Å²) < 4.78 is 3.48. The number of hydrogen-bond acceptors (Lipinski definition) is 5. The van der Waals surface area contributed by atoms with E-state index in [-0.39, 0.29) is 0 Å². The first kappa shape index (κ1) is 24.6. The fourth-order valence-corrected chi connectivity index (χ4v) is 5.67. The van der Waals surface area contributed by atoms with Crippen LogP contribution in [-0.4, -0.2) is 49.0 Å². The lowest BCUT2D eigenvalue weighted by Crippen LogP contribution is -2.26. The summed E-state index contributed by atoms with van der Waals surface area (Å²) >= 11 is 1.95. The van der Waals surface area contributed by atoms with Crippen molar-refractivity contribution < 1.29 is 0 Å². The van der Waals surface area contributed by atoms with E-state index in [1.807, 2.05) is 36.1 Å². The Kier molecular flexibility index (Phi) is 8.91. The van der Waals surface area contributed by atoms with Crippen molar-refractivity contribution in [2.75, 3.05) is 19.6 Å². The molecule has 7 heteroatoms. The number of benzene rings is 1. The monoisotopic (exact) mass is 478 g/mol. The first-order valence-corrected chi connectivity index (χ1v) is 13.4. The number of fused-ring (bicyclic) bond motifs is 1. The van der Waals surface area contributed by atoms with Gasteiger partial charge in [-0.25, -0.2) is 9.97 Å². The number of aryl methyl sites for hydroxylation is 2. The highest BCUT2D eigenvalue weighted by Gasteiger charge is 2.13. The lowest BCUT2D eigenvalue weighted by Gasteiger charge is -2.21. The Morgan fingerprint density at radius 1 is 0.941 bits per heavy atom. The van der Waals surface area contributed by atoms with Crippen molar-refractivity contribution in [3.05, 3.63) is 71.1 Å². The van der Waals surface area contributed by atoms with E-state index in [2.05, 4.69) is 74.5 Å². The molecule has 182 valence electrons. The number of hydrogen-bond donors (Lipinski definition) is 1. The predicted molar refractivity (Wildman–Crippen MR) is 142 cm³/mol. The van der Waals surface area contributed by atoms with Gasteiger partial charge in [-0.2, -0.15) is 0 Å². The van der Waals surface area contributed by atoms with E-state index < -0.39 is 0 Å². The molecule has 3 aromatic heterocycles. The Hall–Kier alpha value is -2.48. The van der Waals surface area contributed by atoms with Gasteiger partial charge in [0.25, 0.3) is 0 Å². The molecule has 0 saturated carbocycles. The topological polar surface area (TPSA) is 53.0 Å². The minimum absolute atomic E-state index is 0.763. The van der Waals surface area contributed by atoms with Crippen molar-refractivity contribution in [1.29, 1.82) is 0 Å². The molecule has 0 amide bonds. The Morgan fingerprint density at radius 2 is 1.79 bits per heavy atom. The molecule has 0 spiro atoms. The van der Waals surface area contributed by atoms with Gasteiger partial charge in [0.05, 0.1) is 13.1 Å². The third-order valence-corrected chi connectivity index (χ3v) is 7.41. The number of nitrogens with one attached hydrogen (secondary N) is 1. The van der Waals surface area contributed by atoms with E-state index in [9.17, 15) is 0 Å². The van der Waals surface area contributed by atoms with E-state index in [0.717, 1.165) is 31.3 Å². The van der Waals surface area contributed by atoms with Gasteiger partial charge in [0.15, 0.2) is 0 Å². The van der Waals surface area contributed by atoms with Crippen LogP contribution in [0.2, 0.25) is 0 Å². The van der Waals surface area contributed by atoms with Crippen molar-refractivity contribution >= 4 is 21.4 Å². The highest BCUT2D eigenvalue weighted by molar-refractivity contribution is 7.19. The average molecular weight is 479 g/mol. The van der Waals surface area contributed by atoms with Crippen LogP contribution in [0.1, 0.15) is 55.2 Å². The van der Waals surface area contributed by atoms with Crippen LogP contribution in [0.15, 0.2) is 49.1 Å². The number of aromatic nitrogens is 4. The van der Waals surface area contributed by atoms with Gasteiger partial charge in [-0.05, 0) is 74.5 Å². The van der Waals surface area contributed by atoms with Gasteiger partial charge in [-0.15, -0.1) is 11.3 Å². The van der Waals surface area contributed by atoms with Crippen molar-refractivity contribution in [2.45, 2.75) is 59.2 Å². The largest absolute Gasteiger partial charge is 0.348 e. The Morgan fingerprint density at radius 3 is 2.50 bits per heavy atom. The van der Waals surface area contributed by atoms with E-state index in [1.54, 1.807) is 0 Å². The molecule has 0 radical (unpaired) electrons. The second-order valence-corrected chi connectivity index (χ2v) is 10.3. The molecular formula is C27H38N6S. The van der Waals surface area contributed by atoms with Crippen LogP contribution in [0.25, 0.3) is 10.1 Å². The van der Waals surface area contributed by atoms with E-state index in [0.29, 0.717) is 0 Å². The summed E-state index contributed by atoms with van der Waals surface area (Å²) in [4.78, 5) is 18.7. The van der Waals surface area contributed by atoms with E-state index >= 15 is 0 Å². The second kappa shape index (κ2) is 12.3. The van der Waals surface area contributed by atoms with Crippen molar-refractivity contribution in [2.24, 2.45) is 7.05 Å². The number of thiophene rings is 1. The van der Waals surface area contributed by atoms with Crippen LogP contribution in [0.4, 0.5) is 0 Å². The minimum Gasteiger partial charge on any atom is -0.348 e. The van der Waals surface area contributed by atoms with Crippen molar-refractivity contribution in [3.8, 4) is 0 Å². The van der Waals surface area contributed by atoms with Crippen LogP contribution in [0, 0.1) is 0 Å². The van der Waals surface area contributed by atoms with Gasteiger partial charge >= 0.3 is 0 Å². The molecule has 4 aromatic rings. The van der Waals surface area contributed by atoms with Crippen LogP contribution >= 0.6 is 11.3 Å². The van der Waals surface area contributed by atoms with Crippen LogP contribution in [0.5, 0.6) is 0 Å². The maximum atomic E-state index is 4.53. The molecule has 1 N–H and O–H groups in total. The molecule has 34 heavy (non-hydrogen) atoms. The van der Waals surface area contributed by atoms with Crippen molar-refractivity contribution in [3.63, 3.8) is 0 Å². The molecule has 0 bridgehead atoms. The summed E-state index contributed by atoms with van der Waals surface area (Å²) in [7, 11) is 2.05. The molecule has 1 aromatic carbocycles. The number of aromatic amines is 1. The highest BCUT2D eigenvalue weighted by Crippen LogP contribution is 2.28. The highest BCUT2D eigenvalue weighted by atomic mass is 32.1. The van der Waals surface area contributed by atoms with Gasteiger partial charge in [0, 0.05) is 48.0 Å². The number of rotatable bonds is 14. The molecular weight excluding hydrogens is 440 g/mol. The SMILES string of the molecule is CCCN(CCC)CCCc1cc2cc(CN(Cc3ncc[nH]3)Cc3nccn3C)ccc2s1. The molecule has 0 aliphatic heterocycles. The fourth-order valence-electron chi connectivity index (χ4n) is 4.59. The first-order valence-electron chi connectivity index (χ1n) is 12.5. The zero-order chi connectivity index (χ0) is 23.8. The summed E-state index contributed by atoms with van der Waals surface area (Å²) in [5.74, 6) is 2.04. The molecule has 0 unspecified atom stereocenters. The van der Waals surface area contributed by atoms with E-state index in [4.69, 9.17) is 0 Å². The second-order valence-electron chi connectivity index (χ2n) is 9.17. The normalized spacial score (nSPS) is 11.9. The number of imidazole rings is 2. The predicted octanol–water partition coefficient (Wildman–Crippen LogP) is 5.61. The maximum Gasteiger partial charge on any atom is 0.122 e. The third-order valence-electron chi connectivity index (χ3n) is 6.23. The van der Waals surface area contributed by atoms with Gasteiger partial charge in [-0.1, -0.05) is 19.9 Å². The molecule has 0 saturated heterocycles. The number of nitrogens with zero attached hydrogens (tertiary/aromatic N) is 5. The summed E-state index contributed by atoms with van der Waals surface area (Å²) in [5, 5.41) is 1.37. The van der Waals surface area contributed by atoms with Crippen molar-refractivity contribution in [1.82, 2.24) is 29.3 Å². The lowest BCUT2D eigenvalue weighted by molar-refractivity contribution is 0.233. The zero-order valence-corrected chi connectivity index (χ0v) is 21.7. The quantitative estimate of drug-likeness (QED) is 0.256. The minimum atomic E-state index is 0.763. The molecule has 6 nitrogen and oxygen atoms in total. The Bertz CT molecular complexity index is 1120. The molecule has 3 heterocycles. The lowest BCUT2D eigenvalue weighted by atomic mass is 10.1. The molecule has 0 aliphatic rings. The average Bonchev–Trinajstić information content (AvgIpc) is 3.56. The van der Waals surface area contributed by atoms with Gasteiger partial charge in [0.1, 0.15) is 11.6 Å². The standard InChI is InChI=1S/C27H38N6S/c1-4-13-32(14-5-2)15-6-7-24-18-23-17-22(8-9-25(23)34-24)19-33(20-26-28-10-11-29-26)21-27-30-12-16-31(27)3/h8-12,16-18H,4-7,13-15,19-21H2,1-3H3,(H,28,29). The molecule has 0 atom stereocenters. The number of H-pyrrole nitrogens is 1. The first-order chi connectivity index (χ1) is 16.6. The Balaban J connectivity index is 1.41. The Labute approximate surface area is 207 Å². The fraction of sp³-hybridized carbons (Fsp3) is 0.481. The molecule has 0 fully saturated rings. The van der Waals surface area contributed by atoms with Crippen LogP contribution in [-0.2, 0) is 33.1 Å². The molecule has 4 rings (SSSR count). The van der Waals surface area contributed by atoms with Crippen LogP contribution in [0.3, 0.4) is 0 Å². The van der Waals surface area contributed by atoms with Gasteiger partial charge < -0.3 is 14.5 Å². The van der Waals surface area contributed by atoms with Crippen LogP contribution < -0.4 is 0 Å². The smallest absolute Gasteiger partial charge is 0.122 e. The van der Waals surface area contributed by atoms with Gasteiger partial charge in [-0.3, -0.25) is 4.90 Å². The summed E-state index contributed by atoms with van der Waals surface area (Å²) in [6.45, 7) is 10.6. The molecule has 0 aliphatic carbocycles. The van der Waals surface area contributed by atoms with Gasteiger partial charge in [0.2, 0.25) is 0 Å². The summed E-state index contributed by atoms with van der Waals surface area (Å²) in [5.41, 5.74) is 1.33. The summed E-state index contributed by atoms with van der Waals surface area (Å²) in [6.07, 6.45) is 12.5. The third kappa shape index (κ3) is 6.78. The maximum absolute atomic E-state index is 4.53. The summed E-state index contributed by atoms with van der Waals surface area (Å²) in [6, 6.07) is 9.35.